The molecule has 0 aliphatic carbocycles. The van der Waals surface area contributed by atoms with E-state index in [2.05, 4.69) is 21.7 Å². The van der Waals surface area contributed by atoms with Gasteiger partial charge in [0.05, 0.1) is 35.7 Å². The van der Waals surface area contributed by atoms with Gasteiger partial charge in [-0.25, -0.2) is 4.98 Å². The number of hydrogen-bond acceptors (Lipinski definition) is 6. The third-order valence-corrected chi connectivity index (χ3v) is 5.21. The molecule has 0 bridgehead atoms. The van der Waals surface area contributed by atoms with Crippen LogP contribution < -0.4 is 5.32 Å². The fourth-order valence-electron chi connectivity index (χ4n) is 3.63. The normalized spacial score (nSPS) is 14.7. The summed E-state index contributed by atoms with van der Waals surface area (Å²) in [4.78, 5) is 29.9. The van der Waals surface area contributed by atoms with Gasteiger partial charge >= 0.3 is 0 Å². The lowest BCUT2D eigenvalue weighted by Crippen LogP contribution is -2.36. The molecule has 2 aromatic carbocycles. The second-order valence-corrected chi connectivity index (χ2v) is 7.12. The first kappa shape index (κ1) is 20.0. The zero-order valence-corrected chi connectivity index (χ0v) is 16.7. The molecule has 30 heavy (non-hydrogen) atoms. The molecule has 1 amide bonds. The number of morpholine rings is 1. The van der Waals surface area contributed by atoms with E-state index in [1.54, 1.807) is 0 Å². The van der Waals surface area contributed by atoms with Crippen molar-refractivity contribution in [2.24, 2.45) is 0 Å². The van der Waals surface area contributed by atoms with Crippen molar-refractivity contribution in [2.45, 2.75) is 20.0 Å². The second kappa shape index (κ2) is 8.60. The average molecular weight is 409 g/mol. The highest BCUT2D eigenvalue weighted by Crippen LogP contribution is 2.22. The number of imidazole rings is 1. The van der Waals surface area contributed by atoms with Gasteiger partial charge in [-0.3, -0.25) is 19.8 Å². The van der Waals surface area contributed by atoms with Crippen molar-refractivity contribution in [2.75, 3.05) is 31.6 Å². The third kappa shape index (κ3) is 4.17. The zero-order valence-electron chi connectivity index (χ0n) is 16.7. The molecule has 1 aliphatic heterocycles. The van der Waals surface area contributed by atoms with Gasteiger partial charge in [-0.05, 0) is 37.3 Å². The summed E-state index contributed by atoms with van der Waals surface area (Å²) in [5, 5.41) is 13.6. The predicted octanol–water partition coefficient (Wildman–Crippen LogP) is 3.05. The smallest absolute Gasteiger partial charge is 0.269 e. The number of carbonyl (C=O) groups excluding carboxylic acids is 1. The summed E-state index contributed by atoms with van der Waals surface area (Å²) in [7, 11) is 0. The number of nitro groups is 1. The number of nitro benzene ring substituents is 1. The molecule has 4 rings (SSSR count). The first-order valence-electron chi connectivity index (χ1n) is 9.90. The van der Waals surface area contributed by atoms with Crippen molar-refractivity contribution in [3.05, 3.63) is 64.0 Å². The van der Waals surface area contributed by atoms with E-state index in [0.29, 0.717) is 11.3 Å². The summed E-state index contributed by atoms with van der Waals surface area (Å²) >= 11 is 0. The molecule has 1 N–H and O–H groups in total. The molecule has 2 heterocycles. The number of anilines is 1. The SMILES string of the molecule is CCn1c(CN2CCOCC2)nc2cc(NC(=O)c3ccc([N+](=O)[O-])cc3)ccc21. The molecule has 0 atom stereocenters. The molecule has 9 heteroatoms. The number of aryl methyl sites for hydroxylation is 1. The first-order valence-corrected chi connectivity index (χ1v) is 9.90. The van der Waals surface area contributed by atoms with Crippen molar-refractivity contribution in [1.82, 2.24) is 14.5 Å². The molecule has 1 aromatic heterocycles. The van der Waals surface area contributed by atoms with Crippen molar-refractivity contribution in [3.8, 4) is 0 Å². The third-order valence-electron chi connectivity index (χ3n) is 5.21. The van der Waals surface area contributed by atoms with Crippen LogP contribution in [0.15, 0.2) is 42.5 Å². The van der Waals surface area contributed by atoms with Gasteiger partial charge in [-0.2, -0.15) is 0 Å². The van der Waals surface area contributed by atoms with Crippen LogP contribution in [0.2, 0.25) is 0 Å². The Kier molecular flexibility index (Phi) is 5.73. The van der Waals surface area contributed by atoms with Gasteiger partial charge in [0.1, 0.15) is 5.82 Å². The lowest BCUT2D eigenvalue weighted by molar-refractivity contribution is -0.384. The van der Waals surface area contributed by atoms with Crippen LogP contribution in [0.1, 0.15) is 23.1 Å². The number of amides is 1. The van der Waals surface area contributed by atoms with E-state index in [-0.39, 0.29) is 11.6 Å². The second-order valence-electron chi connectivity index (χ2n) is 7.12. The Hall–Kier alpha value is -3.30. The molecule has 3 aromatic rings. The molecule has 9 nitrogen and oxygen atoms in total. The number of non-ortho nitro benzene ring substituents is 1. The van der Waals surface area contributed by atoms with Crippen molar-refractivity contribution in [3.63, 3.8) is 0 Å². The Labute approximate surface area is 173 Å². The molecule has 1 saturated heterocycles. The van der Waals surface area contributed by atoms with Crippen molar-refractivity contribution in [1.29, 1.82) is 0 Å². The summed E-state index contributed by atoms with van der Waals surface area (Å²) < 4.78 is 7.61. The Morgan fingerprint density at radius 3 is 2.60 bits per heavy atom. The number of benzene rings is 2. The minimum absolute atomic E-state index is 0.0501. The summed E-state index contributed by atoms with van der Waals surface area (Å²) in [6, 6.07) is 11.2. The predicted molar refractivity (Wildman–Crippen MR) is 113 cm³/mol. The van der Waals surface area contributed by atoms with E-state index in [0.717, 1.165) is 56.3 Å². The maximum Gasteiger partial charge on any atom is 0.269 e. The molecular weight excluding hydrogens is 386 g/mol. The first-order chi connectivity index (χ1) is 14.5. The number of aromatic nitrogens is 2. The molecular formula is C21H23N5O4. The molecule has 0 saturated carbocycles. The lowest BCUT2D eigenvalue weighted by atomic mass is 10.2. The lowest BCUT2D eigenvalue weighted by Gasteiger charge is -2.26. The highest BCUT2D eigenvalue weighted by atomic mass is 16.6. The van der Waals surface area contributed by atoms with Gasteiger partial charge in [-0.1, -0.05) is 0 Å². The van der Waals surface area contributed by atoms with Crippen LogP contribution in [0, 0.1) is 10.1 Å². The topological polar surface area (TPSA) is 103 Å². The standard InChI is InChI=1S/C21H23N5O4/c1-2-25-19-8-5-16(22-21(27)15-3-6-17(7-4-15)26(28)29)13-18(19)23-20(25)14-24-9-11-30-12-10-24/h3-8,13H,2,9-12,14H2,1H3,(H,22,27). The van der Waals surface area contributed by atoms with Crippen LogP contribution in [0.25, 0.3) is 11.0 Å². The van der Waals surface area contributed by atoms with Crippen LogP contribution in [-0.4, -0.2) is 51.6 Å². The summed E-state index contributed by atoms with van der Waals surface area (Å²) in [5.41, 5.74) is 2.78. The molecule has 156 valence electrons. The number of nitrogens with zero attached hydrogens (tertiary/aromatic N) is 4. The summed E-state index contributed by atoms with van der Waals surface area (Å²) in [5.74, 6) is 0.668. The number of hydrogen-bond donors (Lipinski definition) is 1. The monoisotopic (exact) mass is 409 g/mol. The van der Waals surface area contributed by atoms with Crippen LogP contribution in [0.3, 0.4) is 0 Å². The fourth-order valence-corrected chi connectivity index (χ4v) is 3.63. The van der Waals surface area contributed by atoms with Crippen LogP contribution in [-0.2, 0) is 17.8 Å². The largest absolute Gasteiger partial charge is 0.379 e. The summed E-state index contributed by atoms with van der Waals surface area (Å²) in [6.07, 6.45) is 0. The summed E-state index contributed by atoms with van der Waals surface area (Å²) in [6.45, 7) is 6.93. The number of carbonyl (C=O) groups is 1. The van der Waals surface area contributed by atoms with E-state index < -0.39 is 4.92 Å². The molecule has 0 spiro atoms. The van der Waals surface area contributed by atoms with E-state index in [4.69, 9.17) is 9.72 Å². The van der Waals surface area contributed by atoms with Crippen LogP contribution >= 0.6 is 0 Å². The van der Waals surface area contributed by atoms with E-state index in [1.165, 1.54) is 24.3 Å². The zero-order chi connectivity index (χ0) is 21.1. The number of nitrogens with one attached hydrogen (secondary N) is 1. The Morgan fingerprint density at radius 1 is 1.20 bits per heavy atom. The Balaban J connectivity index is 1.53. The van der Waals surface area contributed by atoms with Crippen LogP contribution in [0.4, 0.5) is 11.4 Å². The molecule has 0 radical (unpaired) electrons. The minimum atomic E-state index is -0.492. The maximum absolute atomic E-state index is 12.5. The van der Waals surface area contributed by atoms with E-state index in [1.807, 2.05) is 18.2 Å². The van der Waals surface area contributed by atoms with Gasteiger partial charge in [0.2, 0.25) is 0 Å². The molecule has 1 fully saturated rings. The minimum Gasteiger partial charge on any atom is -0.379 e. The molecule has 0 unspecified atom stereocenters. The van der Waals surface area contributed by atoms with Gasteiger partial charge in [0.15, 0.2) is 0 Å². The van der Waals surface area contributed by atoms with E-state index >= 15 is 0 Å². The quantitative estimate of drug-likeness (QED) is 0.496. The average Bonchev–Trinajstić information content (AvgIpc) is 3.10. The molecule has 1 aliphatic rings. The Morgan fingerprint density at radius 2 is 1.93 bits per heavy atom. The maximum atomic E-state index is 12.5. The Bertz CT molecular complexity index is 1070. The fraction of sp³-hybridized carbons (Fsp3) is 0.333. The highest BCUT2D eigenvalue weighted by Gasteiger charge is 2.17. The van der Waals surface area contributed by atoms with E-state index in [9.17, 15) is 14.9 Å². The van der Waals surface area contributed by atoms with Gasteiger partial charge in [-0.15, -0.1) is 0 Å². The highest BCUT2D eigenvalue weighted by molar-refractivity contribution is 6.05. The van der Waals surface area contributed by atoms with Gasteiger partial charge in [0, 0.05) is 43.0 Å². The van der Waals surface area contributed by atoms with Crippen molar-refractivity contribution >= 4 is 28.3 Å². The number of ether oxygens (including phenoxy) is 1. The number of rotatable bonds is 6. The van der Waals surface area contributed by atoms with Gasteiger partial charge in [0.25, 0.3) is 11.6 Å². The van der Waals surface area contributed by atoms with Gasteiger partial charge < -0.3 is 14.6 Å². The van der Waals surface area contributed by atoms with Crippen LogP contribution in [0.5, 0.6) is 0 Å². The van der Waals surface area contributed by atoms with Crippen molar-refractivity contribution < 1.29 is 14.5 Å². The number of fused-ring (bicyclic) bond motifs is 1.